The highest BCUT2D eigenvalue weighted by Gasteiger charge is 2.27. The number of ether oxygens (including phenoxy) is 3. The van der Waals surface area contributed by atoms with Crippen LogP contribution in [-0.4, -0.2) is 74.5 Å². The van der Waals surface area contributed by atoms with Crippen molar-refractivity contribution in [3.8, 4) is 5.75 Å². The first-order chi connectivity index (χ1) is 17.0. The first-order valence-corrected chi connectivity index (χ1v) is 11.9. The zero-order valence-corrected chi connectivity index (χ0v) is 20.6. The van der Waals surface area contributed by atoms with E-state index in [1.807, 2.05) is 55.5 Å². The minimum absolute atomic E-state index is 0.297. The number of amides is 1. The topological polar surface area (TPSA) is 82.0 Å². The van der Waals surface area contributed by atoms with E-state index in [1.165, 1.54) is 7.11 Å². The zero-order valence-electron chi connectivity index (χ0n) is 20.6. The summed E-state index contributed by atoms with van der Waals surface area (Å²) in [5.74, 6) is -0.0437. The lowest BCUT2D eigenvalue weighted by Gasteiger charge is -2.27. The molecule has 1 N–H and O–H groups in total. The van der Waals surface area contributed by atoms with E-state index >= 15 is 0 Å². The lowest BCUT2D eigenvalue weighted by atomic mass is 10.0. The number of hydrogen-bond acceptors (Lipinski definition) is 6. The Morgan fingerprint density at radius 3 is 2.49 bits per heavy atom. The van der Waals surface area contributed by atoms with Gasteiger partial charge in [0.2, 0.25) is 0 Å². The molecule has 0 bridgehead atoms. The molecule has 1 aliphatic heterocycles. The van der Waals surface area contributed by atoms with Crippen molar-refractivity contribution in [2.24, 2.45) is 0 Å². The number of nitrogens with one attached hydrogen (secondary N) is 1. The Morgan fingerprint density at radius 2 is 1.80 bits per heavy atom. The molecule has 1 atom stereocenters. The number of morpholine rings is 1. The van der Waals surface area contributed by atoms with Crippen LogP contribution in [0.4, 0.5) is 0 Å². The smallest absolute Gasteiger partial charge is 0.328 e. The molecule has 4 rings (SSSR count). The number of carbonyl (C=O) groups excluding carboxylic acids is 2. The maximum atomic E-state index is 13.6. The van der Waals surface area contributed by atoms with E-state index in [2.05, 4.69) is 14.8 Å². The van der Waals surface area contributed by atoms with Gasteiger partial charge in [0, 0.05) is 49.7 Å². The Balaban J connectivity index is 1.64. The average Bonchev–Trinajstić information content (AvgIpc) is 3.17. The van der Waals surface area contributed by atoms with Gasteiger partial charge in [0.1, 0.15) is 11.8 Å². The normalized spacial score (nSPS) is 15.1. The van der Waals surface area contributed by atoms with Crippen LogP contribution in [0.25, 0.3) is 10.9 Å². The van der Waals surface area contributed by atoms with Gasteiger partial charge in [-0.3, -0.25) is 9.69 Å². The van der Waals surface area contributed by atoms with Crippen LogP contribution in [0.3, 0.4) is 0 Å². The van der Waals surface area contributed by atoms with E-state index < -0.39 is 12.0 Å². The molecule has 0 saturated carbocycles. The third-order valence-electron chi connectivity index (χ3n) is 6.58. The maximum Gasteiger partial charge on any atom is 0.328 e. The van der Waals surface area contributed by atoms with Crippen molar-refractivity contribution in [2.45, 2.75) is 25.9 Å². The van der Waals surface area contributed by atoms with Crippen molar-refractivity contribution >= 4 is 22.8 Å². The molecule has 2 heterocycles. The van der Waals surface area contributed by atoms with Gasteiger partial charge in [0.05, 0.1) is 38.5 Å². The van der Waals surface area contributed by atoms with Crippen molar-refractivity contribution in [1.82, 2.24) is 14.8 Å². The second-order valence-electron chi connectivity index (χ2n) is 8.69. The highest BCUT2D eigenvalue weighted by molar-refractivity contribution is 6.09. The molecule has 186 valence electrons. The Bertz CT molecular complexity index is 1170. The highest BCUT2D eigenvalue weighted by Crippen LogP contribution is 2.29. The molecule has 1 saturated heterocycles. The standard InChI is InChI=1S/C27H33N3O5/c1-19-25(26(31)28-23(27(32)34-3)17-20-7-5-4-6-8-20)22-10-9-21(33-2)18-24(22)30(19)12-11-29-13-15-35-16-14-29/h4-10,18,23H,11-17H2,1-3H3,(H,28,31)/t23-/m0/s1. The lowest BCUT2D eigenvalue weighted by Crippen LogP contribution is -2.43. The van der Waals surface area contributed by atoms with E-state index in [0.29, 0.717) is 12.0 Å². The largest absolute Gasteiger partial charge is 0.497 e. The second kappa shape index (κ2) is 11.4. The van der Waals surface area contributed by atoms with Crippen molar-refractivity contribution in [3.05, 3.63) is 65.4 Å². The first-order valence-electron chi connectivity index (χ1n) is 11.9. The molecule has 0 spiro atoms. The van der Waals surface area contributed by atoms with Crippen LogP contribution in [-0.2, 0) is 27.2 Å². The Hall–Kier alpha value is -3.36. The van der Waals surface area contributed by atoms with Crippen LogP contribution in [0.15, 0.2) is 48.5 Å². The number of carbonyl (C=O) groups is 2. The molecule has 1 amide bonds. The van der Waals surface area contributed by atoms with E-state index in [-0.39, 0.29) is 5.91 Å². The van der Waals surface area contributed by atoms with Crippen LogP contribution in [0.1, 0.15) is 21.6 Å². The summed E-state index contributed by atoms with van der Waals surface area (Å²) in [5, 5.41) is 3.75. The van der Waals surface area contributed by atoms with Crippen molar-refractivity contribution in [3.63, 3.8) is 0 Å². The van der Waals surface area contributed by atoms with Crippen LogP contribution in [0, 0.1) is 6.92 Å². The molecule has 8 nitrogen and oxygen atoms in total. The molecule has 1 aromatic heterocycles. The highest BCUT2D eigenvalue weighted by atomic mass is 16.5. The van der Waals surface area contributed by atoms with Gasteiger partial charge in [-0.15, -0.1) is 0 Å². The SMILES string of the molecule is COC(=O)[C@H](Cc1ccccc1)NC(=O)c1c(C)n(CCN2CCOCC2)c2cc(OC)ccc12. The molecule has 0 radical (unpaired) electrons. The molecule has 0 unspecified atom stereocenters. The van der Waals surface area contributed by atoms with Crippen LogP contribution in [0.5, 0.6) is 5.75 Å². The van der Waals surface area contributed by atoms with Crippen molar-refractivity contribution in [2.75, 3.05) is 47.1 Å². The van der Waals surface area contributed by atoms with Crippen molar-refractivity contribution in [1.29, 1.82) is 0 Å². The number of nitrogens with zero attached hydrogens (tertiary/aromatic N) is 2. The molecule has 8 heteroatoms. The third-order valence-corrected chi connectivity index (χ3v) is 6.58. The number of aromatic nitrogens is 1. The predicted octanol–water partition coefficient (Wildman–Crippen LogP) is 2.80. The Labute approximate surface area is 205 Å². The summed E-state index contributed by atoms with van der Waals surface area (Å²) in [4.78, 5) is 28.5. The van der Waals surface area contributed by atoms with Crippen LogP contribution < -0.4 is 10.1 Å². The number of benzene rings is 2. The van der Waals surface area contributed by atoms with Gasteiger partial charge >= 0.3 is 5.97 Å². The quantitative estimate of drug-likeness (QED) is 0.476. The molecule has 35 heavy (non-hydrogen) atoms. The fourth-order valence-electron chi connectivity index (χ4n) is 4.64. The van der Waals surface area contributed by atoms with Gasteiger partial charge in [-0.25, -0.2) is 4.79 Å². The fourth-order valence-corrected chi connectivity index (χ4v) is 4.64. The van der Waals surface area contributed by atoms with Crippen LogP contribution >= 0.6 is 0 Å². The first kappa shape index (κ1) is 24.8. The zero-order chi connectivity index (χ0) is 24.8. The molecular formula is C27H33N3O5. The molecule has 1 aliphatic rings. The van der Waals surface area contributed by atoms with Gasteiger partial charge in [-0.2, -0.15) is 0 Å². The third kappa shape index (κ3) is 5.66. The Morgan fingerprint density at radius 1 is 1.06 bits per heavy atom. The summed E-state index contributed by atoms with van der Waals surface area (Å²) in [5.41, 5.74) is 3.28. The average molecular weight is 480 g/mol. The molecule has 3 aromatic rings. The minimum Gasteiger partial charge on any atom is -0.497 e. The molecule has 1 fully saturated rings. The van der Waals surface area contributed by atoms with E-state index in [1.54, 1.807) is 7.11 Å². The van der Waals surface area contributed by atoms with Gasteiger partial charge in [-0.1, -0.05) is 30.3 Å². The summed E-state index contributed by atoms with van der Waals surface area (Å²) in [7, 11) is 2.97. The lowest BCUT2D eigenvalue weighted by molar-refractivity contribution is -0.142. The number of fused-ring (bicyclic) bond motifs is 1. The predicted molar refractivity (Wildman–Crippen MR) is 134 cm³/mol. The molecule has 2 aromatic carbocycles. The number of hydrogen-bond donors (Lipinski definition) is 1. The van der Waals surface area contributed by atoms with E-state index in [4.69, 9.17) is 14.2 Å². The number of methoxy groups -OCH3 is 2. The van der Waals surface area contributed by atoms with Gasteiger partial charge < -0.3 is 24.1 Å². The van der Waals surface area contributed by atoms with Crippen molar-refractivity contribution < 1.29 is 23.8 Å². The van der Waals surface area contributed by atoms with Gasteiger partial charge in [-0.05, 0) is 24.6 Å². The van der Waals surface area contributed by atoms with Gasteiger partial charge in [0.15, 0.2) is 0 Å². The molecule has 0 aliphatic carbocycles. The summed E-state index contributed by atoms with van der Waals surface area (Å²) < 4.78 is 18.1. The van der Waals surface area contributed by atoms with Crippen LogP contribution in [0.2, 0.25) is 0 Å². The fraction of sp³-hybridized carbons (Fsp3) is 0.407. The second-order valence-corrected chi connectivity index (χ2v) is 8.69. The monoisotopic (exact) mass is 479 g/mol. The van der Waals surface area contributed by atoms with E-state index in [0.717, 1.165) is 67.3 Å². The number of esters is 1. The molecular weight excluding hydrogens is 446 g/mol. The summed E-state index contributed by atoms with van der Waals surface area (Å²) >= 11 is 0. The van der Waals surface area contributed by atoms with Gasteiger partial charge in [0.25, 0.3) is 5.91 Å². The summed E-state index contributed by atoms with van der Waals surface area (Å²) in [6.45, 7) is 6.81. The maximum absolute atomic E-state index is 13.6. The minimum atomic E-state index is -0.792. The Kier molecular flexibility index (Phi) is 8.05. The summed E-state index contributed by atoms with van der Waals surface area (Å²) in [6, 6.07) is 14.5. The summed E-state index contributed by atoms with van der Waals surface area (Å²) in [6.07, 6.45) is 0.349. The number of rotatable bonds is 9. The van der Waals surface area contributed by atoms with E-state index in [9.17, 15) is 9.59 Å².